The van der Waals surface area contributed by atoms with E-state index >= 15 is 0 Å². The van der Waals surface area contributed by atoms with E-state index in [-0.39, 0.29) is 0 Å². The Morgan fingerprint density at radius 1 is 1.25 bits per heavy atom. The lowest BCUT2D eigenvalue weighted by atomic mass is 9.89. The van der Waals surface area contributed by atoms with Crippen LogP contribution in [-0.2, 0) is 0 Å². The summed E-state index contributed by atoms with van der Waals surface area (Å²) < 4.78 is 0. The second-order valence-electron chi connectivity index (χ2n) is 5.47. The molecular formula is C14H26N2. The van der Waals surface area contributed by atoms with Gasteiger partial charge in [0.25, 0.3) is 0 Å². The van der Waals surface area contributed by atoms with E-state index in [1.54, 1.807) is 5.57 Å². The molecule has 1 atom stereocenters. The van der Waals surface area contributed by atoms with Crippen molar-refractivity contribution in [2.24, 2.45) is 11.8 Å². The molecule has 0 saturated heterocycles. The lowest BCUT2D eigenvalue weighted by Crippen LogP contribution is -2.37. The van der Waals surface area contributed by atoms with E-state index in [9.17, 15) is 0 Å². The average Bonchev–Trinajstić information content (AvgIpc) is 2.84. The fourth-order valence-corrected chi connectivity index (χ4v) is 3.26. The number of hydrogen-bond acceptors (Lipinski definition) is 2. The Morgan fingerprint density at radius 3 is 2.69 bits per heavy atom. The van der Waals surface area contributed by atoms with E-state index in [0.717, 1.165) is 5.92 Å². The largest absolute Gasteiger partial charge is 0.271 e. The Morgan fingerprint density at radius 2 is 2.06 bits per heavy atom. The highest BCUT2D eigenvalue weighted by Crippen LogP contribution is 2.30. The van der Waals surface area contributed by atoms with Crippen LogP contribution in [0.15, 0.2) is 11.6 Å². The molecule has 16 heavy (non-hydrogen) atoms. The fourth-order valence-electron chi connectivity index (χ4n) is 3.26. The molecule has 0 aromatic heterocycles. The van der Waals surface area contributed by atoms with Gasteiger partial charge in [-0.3, -0.25) is 11.3 Å². The first kappa shape index (κ1) is 12.1. The average molecular weight is 222 g/mol. The second-order valence-corrected chi connectivity index (χ2v) is 5.47. The molecule has 1 fully saturated rings. The van der Waals surface area contributed by atoms with Crippen LogP contribution in [0.5, 0.6) is 0 Å². The Bertz CT molecular complexity index is 229. The van der Waals surface area contributed by atoms with Gasteiger partial charge in [0.1, 0.15) is 0 Å². The summed E-state index contributed by atoms with van der Waals surface area (Å²) in [5.74, 6) is 6.68. The van der Waals surface area contributed by atoms with Crippen molar-refractivity contribution in [2.75, 3.05) is 0 Å². The molecule has 1 saturated carbocycles. The molecule has 2 aliphatic rings. The first-order chi connectivity index (χ1) is 7.90. The molecular weight excluding hydrogens is 196 g/mol. The number of hydrogen-bond donors (Lipinski definition) is 2. The van der Waals surface area contributed by atoms with E-state index in [2.05, 4.69) is 11.5 Å². The molecule has 92 valence electrons. The summed E-state index contributed by atoms with van der Waals surface area (Å²) in [5.41, 5.74) is 4.60. The molecule has 2 heteroatoms. The number of nitrogens with two attached hydrogens (primary N) is 1. The summed E-state index contributed by atoms with van der Waals surface area (Å²) in [5, 5.41) is 0. The Labute approximate surface area is 99.6 Å². The summed E-state index contributed by atoms with van der Waals surface area (Å²) in [4.78, 5) is 0. The summed E-state index contributed by atoms with van der Waals surface area (Å²) >= 11 is 0. The van der Waals surface area contributed by atoms with Crippen LogP contribution in [-0.4, -0.2) is 6.04 Å². The van der Waals surface area contributed by atoms with Crippen molar-refractivity contribution in [2.45, 2.75) is 70.3 Å². The molecule has 2 nitrogen and oxygen atoms in total. The highest BCUT2D eigenvalue weighted by Gasteiger charge is 2.19. The molecule has 0 spiro atoms. The summed E-state index contributed by atoms with van der Waals surface area (Å²) in [6, 6.07) is 0.459. The highest BCUT2D eigenvalue weighted by molar-refractivity contribution is 5.12. The standard InChI is InChI=1S/C14H26N2/c15-16-14(13-8-2-1-3-9-13)11-10-12-6-4-5-7-12/h8,12,14,16H,1-7,9-11,15H2. The molecule has 0 aliphatic heterocycles. The van der Waals surface area contributed by atoms with Crippen LogP contribution in [0.4, 0.5) is 0 Å². The van der Waals surface area contributed by atoms with Gasteiger partial charge in [-0.05, 0) is 44.4 Å². The van der Waals surface area contributed by atoms with E-state index in [0.29, 0.717) is 6.04 Å². The molecule has 0 heterocycles. The smallest absolute Gasteiger partial charge is 0.0419 e. The van der Waals surface area contributed by atoms with Crippen molar-refractivity contribution in [3.63, 3.8) is 0 Å². The van der Waals surface area contributed by atoms with Crippen LogP contribution in [0.1, 0.15) is 64.2 Å². The molecule has 0 amide bonds. The minimum absolute atomic E-state index is 0.459. The fraction of sp³-hybridized carbons (Fsp3) is 0.857. The van der Waals surface area contributed by atoms with Crippen molar-refractivity contribution in [3.8, 4) is 0 Å². The van der Waals surface area contributed by atoms with Gasteiger partial charge >= 0.3 is 0 Å². The Kier molecular flexibility index (Phi) is 4.86. The van der Waals surface area contributed by atoms with Crippen LogP contribution in [0.2, 0.25) is 0 Å². The monoisotopic (exact) mass is 222 g/mol. The van der Waals surface area contributed by atoms with Crippen LogP contribution >= 0.6 is 0 Å². The van der Waals surface area contributed by atoms with Gasteiger partial charge in [-0.25, -0.2) is 0 Å². The summed E-state index contributed by atoms with van der Waals surface area (Å²) in [7, 11) is 0. The Balaban J connectivity index is 1.77. The van der Waals surface area contributed by atoms with Gasteiger partial charge < -0.3 is 0 Å². The maximum absolute atomic E-state index is 5.70. The molecule has 0 radical (unpaired) electrons. The van der Waals surface area contributed by atoms with Crippen molar-refractivity contribution in [3.05, 3.63) is 11.6 Å². The summed E-state index contributed by atoms with van der Waals surface area (Å²) in [6.07, 6.45) is 16.1. The molecule has 3 N–H and O–H groups in total. The van der Waals surface area contributed by atoms with Gasteiger partial charge in [0.05, 0.1) is 0 Å². The highest BCUT2D eigenvalue weighted by atomic mass is 15.2. The quantitative estimate of drug-likeness (QED) is 0.425. The number of rotatable bonds is 5. The van der Waals surface area contributed by atoms with E-state index in [1.807, 2.05) is 0 Å². The topological polar surface area (TPSA) is 38.0 Å². The maximum atomic E-state index is 5.70. The minimum Gasteiger partial charge on any atom is -0.271 e. The van der Waals surface area contributed by atoms with Crippen LogP contribution in [0.25, 0.3) is 0 Å². The van der Waals surface area contributed by atoms with Crippen molar-refractivity contribution in [1.29, 1.82) is 0 Å². The molecule has 2 rings (SSSR count). The number of allylic oxidation sites excluding steroid dienone is 1. The first-order valence-corrected chi connectivity index (χ1v) is 7.05. The van der Waals surface area contributed by atoms with Gasteiger partial charge in [0.2, 0.25) is 0 Å². The van der Waals surface area contributed by atoms with E-state index in [4.69, 9.17) is 5.84 Å². The molecule has 0 aromatic rings. The first-order valence-electron chi connectivity index (χ1n) is 7.05. The van der Waals surface area contributed by atoms with Gasteiger partial charge in [0, 0.05) is 6.04 Å². The molecule has 0 aromatic carbocycles. The minimum atomic E-state index is 0.459. The number of nitrogens with one attached hydrogen (secondary N) is 1. The lowest BCUT2D eigenvalue weighted by molar-refractivity contribution is 0.424. The van der Waals surface area contributed by atoms with Gasteiger partial charge in [-0.1, -0.05) is 37.3 Å². The van der Waals surface area contributed by atoms with Gasteiger partial charge in [-0.2, -0.15) is 0 Å². The molecule has 0 bridgehead atoms. The summed E-state index contributed by atoms with van der Waals surface area (Å²) in [6.45, 7) is 0. The zero-order chi connectivity index (χ0) is 11.2. The van der Waals surface area contributed by atoms with E-state index < -0.39 is 0 Å². The third-order valence-corrected chi connectivity index (χ3v) is 4.31. The van der Waals surface area contributed by atoms with Crippen molar-refractivity contribution < 1.29 is 0 Å². The maximum Gasteiger partial charge on any atom is 0.0419 e. The van der Waals surface area contributed by atoms with Gasteiger partial charge in [0.15, 0.2) is 0 Å². The predicted molar refractivity (Wildman–Crippen MR) is 68.9 cm³/mol. The van der Waals surface area contributed by atoms with Gasteiger partial charge in [-0.15, -0.1) is 0 Å². The third-order valence-electron chi connectivity index (χ3n) is 4.31. The molecule has 1 unspecified atom stereocenters. The second kappa shape index (κ2) is 6.41. The lowest BCUT2D eigenvalue weighted by Gasteiger charge is -2.23. The van der Waals surface area contributed by atoms with Crippen molar-refractivity contribution >= 4 is 0 Å². The van der Waals surface area contributed by atoms with Crippen molar-refractivity contribution in [1.82, 2.24) is 5.43 Å². The molecule has 2 aliphatic carbocycles. The normalized spacial score (nSPS) is 24.4. The SMILES string of the molecule is NNC(CCC1CCCC1)C1=CCCCC1. The van der Waals surface area contributed by atoms with E-state index in [1.165, 1.54) is 64.2 Å². The third kappa shape index (κ3) is 3.33. The predicted octanol–water partition coefficient (Wildman–Crippen LogP) is 3.29. The Hall–Kier alpha value is -0.340. The van der Waals surface area contributed by atoms with Crippen LogP contribution in [0, 0.1) is 5.92 Å². The zero-order valence-electron chi connectivity index (χ0n) is 10.4. The van der Waals surface area contributed by atoms with Crippen LogP contribution in [0.3, 0.4) is 0 Å². The number of hydrazine groups is 1. The van der Waals surface area contributed by atoms with Crippen LogP contribution < -0.4 is 11.3 Å². The zero-order valence-corrected chi connectivity index (χ0v) is 10.4.